The molecule has 1 unspecified atom stereocenters. The highest BCUT2D eigenvalue weighted by Gasteiger charge is 2.20. The number of hydrogen-bond donors (Lipinski definition) is 1. The van der Waals surface area contributed by atoms with Crippen LogP contribution in [0.15, 0.2) is 6.20 Å². The van der Waals surface area contributed by atoms with Crippen LogP contribution in [0.25, 0.3) is 0 Å². The first-order valence-corrected chi connectivity index (χ1v) is 7.95. The third-order valence-corrected chi connectivity index (χ3v) is 3.69. The van der Waals surface area contributed by atoms with Gasteiger partial charge in [0.25, 0.3) is 0 Å². The molecule has 0 aliphatic carbocycles. The fraction of sp³-hybridized carbons (Fsp3) is 0.800. The van der Waals surface area contributed by atoms with Gasteiger partial charge in [0.05, 0.1) is 23.0 Å². The molecule has 0 saturated heterocycles. The second-order valence-electron chi connectivity index (χ2n) is 5.38. The summed E-state index contributed by atoms with van der Waals surface area (Å²) in [5, 5.41) is 8.75. The molecule has 1 atom stereocenters. The summed E-state index contributed by atoms with van der Waals surface area (Å²) in [7, 11) is 0. The first-order chi connectivity index (χ1) is 9.11. The second-order valence-corrected chi connectivity index (χ2v) is 5.78. The SMILES string of the molecule is CCCCCCC(NCC)c1c(Cl)cnn1C(C)C. The Morgan fingerprint density at radius 1 is 1.26 bits per heavy atom. The van der Waals surface area contributed by atoms with Gasteiger partial charge in [0.1, 0.15) is 0 Å². The van der Waals surface area contributed by atoms with Crippen LogP contribution in [0.3, 0.4) is 0 Å². The van der Waals surface area contributed by atoms with E-state index < -0.39 is 0 Å². The molecular weight excluding hydrogens is 258 g/mol. The van der Waals surface area contributed by atoms with E-state index >= 15 is 0 Å². The molecule has 0 aromatic carbocycles. The van der Waals surface area contributed by atoms with Gasteiger partial charge >= 0.3 is 0 Å². The smallest absolute Gasteiger partial charge is 0.0834 e. The monoisotopic (exact) mass is 285 g/mol. The number of unbranched alkanes of at least 4 members (excludes halogenated alkanes) is 3. The highest BCUT2D eigenvalue weighted by Crippen LogP contribution is 2.29. The lowest BCUT2D eigenvalue weighted by Crippen LogP contribution is -2.25. The Balaban J connectivity index is 2.77. The minimum atomic E-state index is 0.319. The van der Waals surface area contributed by atoms with E-state index in [1.165, 1.54) is 25.7 Å². The molecule has 4 heteroatoms. The maximum absolute atomic E-state index is 6.34. The molecule has 1 aromatic heterocycles. The van der Waals surface area contributed by atoms with Gasteiger partial charge in [-0.2, -0.15) is 5.10 Å². The zero-order valence-electron chi connectivity index (χ0n) is 12.7. The Labute approximate surface area is 122 Å². The Morgan fingerprint density at radius 3 is 2.58 bits per heavy atom. The zero-order valence-corrected chi connectivity index (χ0v) is 13.5. The van der Waals surface area contributed by atoms with Crippen LogP contribution < -0.4 is 5.32 Å². The molecule has 0 fully saturated rings. The normalized spacial score (nSPS) is 13.2. The van der Waals surface area contributed by atoms with Gasteiger partial charge in [-0.05, 0) is 26.8 Å². The zero-order chi connectivity index (χ0) is 14.3. The van der Waals surface area contributed by atoms with E-state index in [0.29, 0.717) is 12.1 Å². The summed E-state index contributed by atoms with van der Waals surface area (Å²) in [6, 6.07) is 0.665. The number of nitrogens with one attached hydrogen (secondary N) is 1. The average molecular weight is 286 g/mol. The largest absolute Gasteiger partial charge is 0.309 e. The van der Waals surface area contributed by atoms with Crippen molar-refractivity contribution in [2.45, 2.75) is 71.9 Å². The van der Waals surface area contributed by atoms with Crippen molar-refractivity contribution in [3.8, 4) is 0 Å². The molecular formula is C15H28ClN3. The molecule has 0 spiro atoms. The molecule has 110 valence electrons. The minimum Gasteiger partial charge on any atom is -0.309 e. The topological polar surface area (TPSA) is 29.9 Å². The summed E-state index contributed by atoms with van der Waals surface area (Å²) in [6.07, 6.45) is 8.03. The van der Waals surface area contributed by atoms with Crippen LogP contribution in [0.1, 0.15) is 77.6 Å². The van der Waals surface area contributed by atoms with Crippen LogP contribution in [-0.4, -0.2) is 16.3 Å². The number of nitrogens with zero attached hydrogens (tertiary/aromatic N) is 2. The third-order valence-electron chi connectivity index (χ3n) is 3.40. The minimum absolute atomic E-state index is 0.319. The van der Waals surface area contributed by atoms with Crippen LogP contribution in [0.2, 0.25) is 5.02 Å². The van der Waals surface area contributed by atoms with Crippen LogP contribution in [0.5, 0.6) is 0 Å². The lowest BCUT2D eigenvalue weighted by atomic mass is 10.0. The summed E-state index contributed by atoms with van der Waals surface area (Å²) in [5.74, 6) is 0. The second kappa shape index (κ2) is 8.60. The molecule has 0 aliphatic heterocycles. The van der Waals surface area contributed by atoms with E-state index in [0.717, 1.165) is 23.7 Å². The lowest BCUT2D eigenvalue weighted by Gasteiger charge is -2.21. The highest BCUT2D eigenvalue weighted by molar-refractivity contribution is 6.31. The Bertz CT molecular complexity index is 360. The maximum Gasteiger partial charge on any atom is 0.0834 e. The molecule has 3 nitrogen and oxygen atoms in total. The lowest BCUT2D eigenvalue weighted by molar-refractivity contribution is 0.420. The molecule has 0 aliphatic rings. The number of hydrogen-bond acceptors (Lipinski definition) is 2. The summed E-state index contributed by atoms with van der Waals surface area (Å²) >= 11 is 6.34. The predicted octanol–water partition coefficient (Wildman–Crippen LogP) is 4.74. The van der Waals surface area contributed by atoms with Gasteiger partial charge in [0.15, 0.2) is 0 Å². The van der Waals surface area contributed by atoms with Gasteiger partial charge < -0.3 is 5.32 Å². The van der Waals surface area contributed by atoms with Crippen LogP contribution in [0.4, 0.5) is 0 Å². The molecule has 1 heterocycles. The van der Waals surface area contributed by atoms with E-state index in [2.05, 4.69) is 42.8 Å². The summed E-state index contributed by atoms with van der Waals surface area (Å²) in [4.78, 5) is 0. The molecule has 0 radical (unpaired) electrons. The first kappa shape index (κ1) is 16.5. The Hall–Kier alpha value is -0.540. The molecule has 0 saturated carbocycles. The molecule has 1 rings (SSSR count). The standard InChI is InChI=1S/C15H28ClN3/c1-5-7-8-9-10-14(17-6-2)15-13(16)11-18-19(15)12(3)4/h11-12,14,17H,5-10H2,1-4H3. The van der Waals surface area contributed by atoms with Crippen molar-refractivity contribution in [3.05, 3.63) is 16.9 Å². The summed E-state index contributed by atoms with van der Waals surface area (Å²) < 4.78 is 2.05. The summed E-state index contributed by atoms with van der Waals surface area (Å²) in [6.45, 7) is 9.63. The van der Waals surface area contributed by atoms with Crippen molar-refractivity contribution in [2.75, 3.05) is 6.54 Å². The van der Waals surface area contributed by atoms with Crippen molar-refractivity contribution in [3.63, 3.8) is 0 Å². The van der Waals surface area contributed by atoms with E-state index in [4.69, 9.17) is 11.6 Å². The van der Waals surface area contributed by atoms with Crippen molar-refractivity contribution in [1.29, 1.82) is 0 Å². The van der Waals surface area contributed by atoms with E-state index in [1.54, 1.807) is 6.20 Å². The molecule has 1 aromatic rings. The van der Waals surface area contributed by atoms with Crippen LogP contribution >= 0.6 is 11.6 Å². The summed E-state index contributed by atoms with van der Waals surface area (Å²) in [5.41, 5.74) is 1.15. The van der Waals surface area contributed by atoms with E-state index in [9.17, 15) is 0 Å². The predicted molar refractivity (Wildman–Crippen MR) is 82.8 cm³/mol. The van der Waals surface area contributed by atoms with Crippen molar-refractivity contribution in [2.24, 2.45) is 0 Å². The van der Waals surface area contributed by atoms with Gasteiger partial charge in [-0.15, -0.1) is 0 Å². The van der Waals surface area contributed by atoms with E-state index in [1.807, 2.05) is 0 Å². The molecule has 1 N–H and O–H groups in total. The molecule has 0 amide bonds. The highest BCUT2D eigenvalue weighted by atomic mass is 35.5. The van der Waals surface area contributed by atoms with Crippen LogP contribution in [-0.2, 0) is 0 Å². The van der Waals surface area contributed by atoms with Gasteiger partial charge in [-0.3, -0.25) is 4.68 Å². The third kappa shape index (κ3) is 4.81. The number of aromatic nitrogens is 2. The Morgan fingerprint density at radius 2 is 2.00 bits per heavy atom. The average Bonchev–Trinajstić information content (AvgIpc) is 2.75. The first-order valence-electron chi connectivity index (χ1n) is 7.58. The van der Waals surface area contributed by atoms with Crippen LogP contribution in [0, 0.1) is 0 Å². The van der Waals surface area contributed by atoms with Gasteiger partial charge in [-0.25, -0.2) is 0 Å². The molecule has 0 bridgehead atoms. The van der Waals surface area contributed by atoms with Gasteiger partial charge in [0.2, 0.25) is 0 Å². The number of rotatable bonds is 9. The van der Waals surface area contributed by atoms with Crippen molar-refractivity contribution in [1.82, 2.24) is 15.1 Å². The number of halogens is 1. The fourth-order valence-electron chi connectivity index (χ4n) is 2.45. The van der Waals surface area contributed by atoms with Gasteiger partial charge in [-0.1, -0.05) is 51.1 Å². The van der Waals surface area contributed by atoms with Gasteiger partial charge in [0, 0.05) is 6.04 Å². The van der Waals surface area contributed by atoms with Crippen molar-refractivity contribution >= 4 is 11.6 Å². The van der Waals surface area contributed by atoms with Crippen molar-refractivity contribution < 1.29 is 0 Å². The molecule has 19 heavy (non-hydrogen) atoms. The quantitative estimate of drug-likeness (QED) is 0.664. The fourth-order valence-corrected chi connectivity index (χ4v) is 2.71. The maximum atomic E-state index is 6.34. The Kier molecular flexibility index (Phi) is 7.47. The van der Waals surface area contributed by atoms with E-state index in [-0.39, 0.29) is 0 Å².